The number of rotatable bonds is 6. The highest BCUT2D eigenvalue weighted by Gasteiger charge is 2.43. The van der Waals surface area contributed by atoms with Crippen molar-refractivity contribution in [3.05, 3.63) is 0 Å². The van der Waals surface area contributed by atoms with Gasteiger partial charge < -0.3 is 20.3 Å². The van der Waals surface area contributed by atoms with Gasteiger partial charge in [0.05, 0.1) is 19.3 Å². The fourth-order valence-electron chi connectivity index (χ4n) is 5.96. The quantitative estimate of drug-likeness (QED) is 0.654. The third kappa shape index (κ3) is 5.74. The topological polar surface area (TPSA) is 97.7 Å². The van der Waals surface area contributed by atoms with Gasteiger partial charge in [-0.3, -0.25) is 9.69 Å². The summed E-state index contributed by atoms with van der Waals surface area (Å²) in [4.78, 5) is 30.4. The molecule has 2 N–H and O–H groups in total. The summed E-state index contributed by atoms with van der Waals surface area (Å²) in [6.07, 6.45) is 12.0. The maximum atomic E-state index is 13.4. The highest BCUT2D eigenvalue weighted by Crippen LogP contribution is 2.31. The first kappa shape index (κ1) is 23.3. The molecule has 2 saturated heterocycles. The molecule has 0 radical (unpaired) electrons. The number of hydrogen-bond acceptors (Lipinski definition) is 5. The van der Waals surface area contributed by atoms with Gasteiger partial charge in [-0.2, -0.15) is 5.26 Å². The van der Waals surface area contributed by atoms with Gasteiger partial charge in [0.2, 0.25) is 5.91 Å². The van der Waals surface area contributed by atoms with E-state index in [2.05, 4.69) is 21.6 Å². The van der Waals surface area contributed by atoms with Crippen molar-refractivity contribution in [3.63, 3.8) is 0 Å². The van der Waals surface area contributed by atoms with Gasteiger partial charge in [0.25, 0.3) is 0 Å². The Labute approximate surface area is 192 Å². The second kappa shape index (κ2) is 10.8. The molecule has 32 heavy (non-hydrogen) atoms. The predicted molar refractivity (Wildman–Crippen MR) is 121 cm³/mol. The first-order valence-corrected chi connectivity index (χ1v) is 12.7. The summed E-state index contributed by atoms with van der Waals surface area (Å²) >= 11 is 0. The minimum absolute atomic E-state index is 0.200. The molecule has 0 bridgehead atoms. The number of nitrogens with zero attached hydrogens (tertiary/aromatic N) is 3. The average molecular weight is 446 g/mol. The molecule has 4 fully saturated rings. The summed E-state index contributed by atoms with van der Waals surface area (Å²) in [5, 5.41) is 16.1. The normalized spacial score (nSPS) is 28.9. The number of amides is 3. The van der Waals surface area contributed by atoms with Crippen LogP contribution in [0.5, 0.6) is 0 Å². The van der Waals surface area contributed by atoms with Crippen LogP contribution in [0.25, 0.3) is 0 Å². The van der Waals surface area contributed by atoms with E-state index in [0.29, 0.717) is 57.6 Å². The molecule has 0 aromatic rings. The van der Waals surface area contributed by atoms with Crippen molar-refractivity contribution in [2.24, 2.45) is 5.92 Å². The number of hydrogen-bond donors (Lipinski definition) is 2. The van der Waals surface area contributed by atoms with Gasteiger partial charge in [0.15, 0.2) is 0 Å². The van der Waals surface area contributed by atoms with E-state index in [4.69, 9.17) is 4.74 Å². The van der Waals surface area contributed by atoms with E-state index in [1.807, 2.05) is 0 Å². The van der Waals surface area contributed by atoms with E-state index in [9.17, 15) is 14.9 Å². The Kier molecular flexibility index (Phi) is 7.90. The van der Waals surface area contributed by atoms with Crippen molar-refractivity contribution in [2.45, 2.75) is 88.3 Å². The summed E-state index contributed by atoms with van der Waals surface area (Å²) in [7, 11) is 0. The number of ether oxygens (including phenoxy) is 1. The molecular weight excluding hydrogens is 406 g/mol. The first-order valence-electron chi connectivity index (χ1n) is 12.7. The molecule has 0 aromatic carbocycles. The molecule has 0 spiro atoms. The number of likely N-dealkylation sites (tertiary alicyclic amines) is 1. The largest absolute Gasteiger partial charge is 0.378 e. The highest BCUT2D eigenvalue weighted by atomic mass is 16.5. The lowest BCUT2D eigenvalue weighted by Crippen LogP contribution is -2.58. The lowest BCUT2D eigenvalue weighted by atomic mass is 9.84. The lowest BCUT2D eigenvalue weighted by molar-refractivity contribution is -0.124. The minimum atomic E-state index is -0.853. The van der Waals surface area contributed by atoms with Crippen LogP contribution in [0, 0.1) is 17.2 Å². The Bertz CT molecular complexity index is 692. The van der Waals surface area contributed by atoms with Gasteiger partial charge in [-0.05, 0) is 31.6 Å². The van der Waals surface area contributed by atoms with Crippen LogP contribution in [-0.2, 0) is 9.53 Å². The fourth-order valence-corrected chi connectivity index (χ4v) is 5.96. The van der Waals surface area contributed by atoms with E-state index in [1.54, 1.807) is 4.90 Å². The second-order valence-electron chi connectivity index (χ2n) is 10.2. The van der Waals surface area contributed by atoms with E-state index in [0.717, 1.165) is 19.4 Å². The van der Waals surface area contributed by atoms with Gasteiger partial charge in [0, 0.05) is 32.2 Å². The molecule has 2 aliphatic heterocycles. The molecular formula is C24H39N5O3. The maximum absolute atomic E-state index is 13.4. The van der Waals surface area contributed by atoms with Crippen LogP contribution in [-0.4, -0.2) is 78.8 Å². The summed E-state index contributed by atoms with van der Waals surface area (Å²) in [5.41, 5.74) is -0.853. The summed E-state index contributed by atoms with van der Waals surface area (Å²) in [6, 6.07) is 2.17. The van der Waals surface area contributed by atoms with E-state index in [1.165, 1.54) is 44.9 Å². The molecule has 178 valence electrons. The average Bonchev–Trinajstić information content (AvgIpc) is 3.50. The second-order valence-corrected chi connectivity index (χ2v) is 10.2. The van der Waals surface area contributed by atoms with Crippen molar-refractivity contribution in [1.29, 1.82) is 5.26 Å². The van der Waals surface area contributed by atoms with E-state index >= 15 is 0 Å². The number of urea groups is 1. The lowest BCUT2D eigenvalue weighted by Gasteiger charge is -2.33. The van der Waals surface area contributed by atoms with Gasteiger partial charge in [-0.1, -0.05) is 44.9 Å². The molecule has 3 amide bonds. The van der Waals surface area contributed by atoms with Crippen LogP contribution in [0.15, 0.2) is 0 Å². The number of morpholine rings is 1. The Hall–Kier alpha value is -1.85. The number of nitrogens with one attached hydrogen (secondary N) is 2. The molecule has 2 unspecified atom stereocenters. The van der Waals surface area contributed by atoms with Crippen molar-refractivity contribution in [2.75, 3.05) is 39.4 Å². The van der Waals surface area contributed by atoms with Gasteiger partial charge in [-0.25, -0.2) is 4.79 Å². The zero-order valence-corrected chi connectivity index (χ0v) is 19.3. The van der Waals surface area contributed by atoms with Crippen LogP contribution >= 0.6 is 0 Å². The fraction of sp³-hybridized carbons (Fsp3) is 0.875. The van der Waals surface area contributed by atoms with Gasteiger partial charge in [0.1, 0.15) is 11.6 Å². The van der Waals surface area contributed by atoms with E-state index in [-0.39, 0.29) is 11.9 Å². The molecule has 2 heterocycles. The Morgan fingerprint density at radius 1 is 1.03 bits per heavy atom. The molecule has 4 rings (SSSR count). The molecule has 0 aromatic heterocycles. The van der Waals surface area contributed by atoms with E-state index < -0.39 is 11.6 Å². The SMILES string of the molecule is N#CC1(NC(=O)C(CC2CCCCC2)NC(=O)N2CCOCC2)CCN(C2CCCC2)C1. The zero-order chi connectivity index (χ0) is 22.4. The Balaban J connectivity index is 1.40. The number of carbonyl (C=O) groups is 2. The molecule has 8 heteroatoms. The van der Waals surface area contributed by atoms with Crippen LogP contribution in [0.4, 0.5) is 4.79 Å². The summed E-state index contributed by atoms with van der Waals surface area (Å²) < 4.78 is 5.35. The van der Waals surface area contributed by atoms with Gasteiger partial charge >= 0.3 is 6.03 Å². The molecule has 4 aliphatic rings. The van der Waals surface area contributed by atoms with Crippen LogP contribution in [0.3, 0.4) is 0 Å². The molecule has 8 nitrogen and oxygen atoms in total. The first-order chi connectivity index (χ1) is 15.6. The third-order valence-corrected chi connectivity index (χ3v) is 7.92. The van der Waals surface area contributed by atoms with Crippen LogP contribution in [0.2, 0.25) is 0 Å². The maximum Gasteiger partial charge on any atom is 0.318 e. The highest BCUT2D eigenvalue weighted by molar-refractivity contribution is 5.88. The standard InChI is InChI=1S/C24H39N5O3/c25-17-24(10-11-29(18-24)20-8-4-5-9-20)27-22(30)21(16-19-6-2-1-3-7-19)26-23(31)28-12-14-32-15-13-28/h19-21H,1-16,18H2,(H,26,31)(H,27,30). The number of nitriles is 1. The van der Waals surface area contributed by atoms with Gasteiger partial charge in [-0.15, -0.1) is 0 Å². The Morgan fingerprint density at radius 3 is 2.41 bits per heavy atom. The van der Waals surface area contributed by atoms with Crippen molar-refractivity contribution >= 4 is 11.9 Å². The zero-order valence-electron chi connectivity index (χ0n) is 19.3. The monoisotopic (exact) mass is 445 g/mol. The number of carbonyl (C=O) groups excluding carboxylic acids is 2. The minimum Gasteiger partial charge on any atom is -0.378 e. The smallest absolute Gasteiger partial charge is 0.318 e. The van der Waals surface area contributed by atoms with Crippen LogP contribution in [0.1, 0.15) is 70.6 Å². The molecule has 2 saturated carbocycles. The van der Waals surface area contributed by atoms with Crippen LogP contribution < -0.4 is 10.6 Å². The third-order valence-electron chi connectivity index (χ3n) is 7.92. The van der Waals surface area contributed by atoms with Crippen molar-refractivity contribution in [1.82, 2.24) is 20.4 Å². The predicted octanol–water partition coefficient (Wildman–Crippen LogP) is 2.39. The summed E-state index contributed by atoms with van der Waals surface area (Å²) in [6.45, 7) is 3.59. The molecule has 2 aliphatic carbocycles. The Morgan fingerprint density at radius 2 is 1.72 bits per heavy atom. The van der Waals surface area contributed by atoms with Crippen molar-refractivity contribution in [3.8, 4) is 6.07 Å². The molecule has 2 atom stereocenters. The van der Waals surface area contributed by atoms with Crippen molar-refractivity contribution < 1.29 is 14.3 Å². The summed E-state index contributed by atoms with van der Waals surface area (Å²) in [5.74, 6) is 0.244.